The Morgan fingerprint density at radius 3 is 2.93 bits per heavy atom. The normalized spacial score (nSPS) is 15.0. The molecule has 0 bridgehead atoms. The molecule has 1 aromatic heterocycles. The maximum atomic E-state index is 5.51. The van der Waals surface area contributed by atoms with E-state index in [0.29, 0.717) is 6.61 Å². The van der Waals surface area contributed by atoms with Gasteiger partial charge in [0.2, 0.25) is 0 Å². The summed E-state index contributed by atoms with van der Waals surface area (Å²) in [5.74, 6) is 0.842. The summed E-state index contributed by atoms with van der Waals surface area (Å²) in [6.07, 6.45) is 1.80. The first kappa shape index (κ1) is 12.2. The van der Waals surface area contributed by atoms with Crippen LogP contribution in [-0.2, 0) is 22.1 Å². The topological polar surface area (TPSA) is 22.1 Å². The van der Waals surface area contributed by atoms with Crippen LogP contribution in [-0.4, -0.2) is 18.3 Å². The molecule has 1 unspecified atom stereocenters. The van der Waals surface area contributed by atoms with Crippen LogP contribution in [0.2, 0.25) is 0 Å². The predicted octanol–water partition coefficient (Wildman–Crippen LogP) is 3.29. The minimum Gasteiger partial charge on any atom is -0.342 e. The van der Waals surface area contributed by atoms with Crippen molar-refractivity contribution in [2.75, 3.05) is 13.3 Å². The third kappa shape index (κ3) is 4.56. The Balaban J connectivity index is 2.45. The molecule has 1 heterocycles. The molecular formula is C9H14NOPS2. The van der Waals surface area contributed by atoms with Gasteiger partial charge >= 0.3 is 0 Å². The van der Waals surface area contributed by atoms with E-state index < -0.39 is 5.47 Å². The van der Waals surface area contributed by atoms with E-state index in [-0.39, 0.29) is 0 Å². The van der Waals surface area contributed by atoms with Gasteiger partial charge in [0.15, 0.2) is 0 Å². The van der Waals surface area contributed by atoms with E-state index in [9.17, 15) is 0 Å². The predicted molar refractivity (Wildman–Crippen MR) is 67.4 cm³/mol. The molecule has 1 rings (SSSR count). The van der Waals surface area contributed by atoms with E-state index in [0.717, 1.165) is 11.4 Å². The molecule has 14 heavy (non-hydrogen) atoms. The van der Waals surface area contributed by atoms with E-state index in [1.807, 2.05) is 31.8 Å². The van der Waals surface area contributed by atoms with Crippen molar-refractivity contribution in [3.05, 3.63) is 30.1 Å². The molecule has 0 N–H and O–H groups in total. The van der Waals surface area contributed by atoms with Gasteiger partial charge in [0, 0.05) is 18.6 Å². The highest BCUT2D eigenvalue weighted by Gasteiger charge is 2.10. The van der Waals surface area contributed by atoms with Gasteiger partial charge < -0.3 is 4.52 Å². The van der Waals surface area contributed by atoms with Gasteiger partial charge in [-0.15, -0.1) is 0 Å². The van der Waals surface area contributed by atoms with Crippen molar-refractivity contribution in [3.63, 3.8) is 0 Å². The summed E-state index contributed by atoms with van der Waals surface area (Å²) in [6.45, 7) is 4.69. The van der Waals surface area contributed by atoms with Crippen molar-refractivity contribution in [2.24, 2.45) is 0 Å². The lowest BCUT2D eigenvalue weighted by atomic mass is 10.4. The van der Waals surface area contributed by atoms with E-state index in [4.69, 9.17) is 16.3 Å². The zero-order chi connectivity index (χ0) is 10.4. The Kier molecular flexibility index (Phi) is 5.10. The molecule has 0 spiro atoms. The standard InChI is InChI=1S/C9H14NOPS2/c1-3-11-12(2,13)14-8-9-6-4-5-7-10-9/h4-7H,3,8H2,1-2H3. The molecule has 2 nitrogen and oxygen atoms in total. The summed E-state index contributed by atoms with van der Waals surface area (Å²) in [5, 5.41) is 0. The molecule has 0 amide bonds. The van der Waals surface area contributed by atoms with Gasteiger partial charge in [0.25, 0.3) is 0 Å². The summed E-state index contributed by atoms with van der Waals surface area (Å²) < 4.78 is 5.51. The van der Waals surface area contributed by atoms with Crippen LogP contribution in [0.25, 0.3) is 0 Å². The third-order valence-electron chi connectivity index (χ3n) is 1.54. The van der Waals surface area contributed by atoms with Crippen LogP contribution in [0.4, 0.5) is 0 Å². The van der Waals surface area contributed by atoms with Crippen LogP contribution < -0.4 is 0 Å². The average Bonchev–Trinajstić information content (AvgIpc) is 2.17. The van der Waals surface area contributed by atoms with Gasteiger partial charge in [-0.2, -0.15) is 0 Å². The van der Waals surface area contributed by atoms with E-state index >= 15 is 0 Å². The highest BCUT2D eigenvalue weighted by molar-refractivity contribution is 8.68. The molecule has 0 aliphatic heterocycles. The third-order valence-corrected chi connectivity index (χ3v) is 6.53. The molecule has 0 radical (unpaired) electrons. The molecule has 0 saturated carbocycles. The molecule has 0 saturated heterocycles. The smallest absolute Gasteiger partial charge is 0.117 e. The van der Waals surface area contributed by atoms with Gasteiger partial charge in [-0.1, -0.05) is 29.3 Å². The Morgan fingerprint density at radius 2 is 2.36 bits per heavy atom. The van der Waals surface area contributed by atoms with Gasteiger partial charge in [-0.25, -0.2) is 0 Å². The van der Waals surface area contributed by atoms with Crippen molar-refractivity contribution in [1.29, 1.82) is 0 Å². The van der Waals surface area contributed by atoms with E-state index in [2.05, 4.69) is 4.98 Å². The van der Waals surface area contributed by atoms with Crippen molar-refractivity contribution < 1.29 is 4.52 Å². The Bertz CT molecular complexity index is 318. The lowest BCUT2D eigenvalue weighted by Crippen LogP contribution is -1.87. The first-order chi connectivity index (χ1) is 6.64. The van der Waals surface area contributed by atoms with Crippen LogP contribution in [0.15, 0.2) is 24.4 Å². The van der Waals surface area contributed by atoms with Crippen LogP contribution in [0.1, 0.15) is 12.6 Å². The maximum Gasteiger partial charge on any atom is 0.117 e. The second-order valence-electron chi connectivity index (χ2n) is 2.78. The number of hydrogen-bond acceptors (Lipinski definition) is 4. The number of hydrogen-bond donors (Lipinski definition) is 0. The van der Waals surface area contributed by atoms with E-state index in [1.165, 1.54) is 0 Å². The zero-order valence-corrected chi connectivity index (χ0v) is 10.9. The molecule has 0 aliphatic rings. The lowest BCUT2D eigenvalue weighted by molar-refractivity contribution is 0.388. The average molecular weight is 247 g/mol. The molecule has 5 heteroatoms. The summed E-state index contributed by atoms with van der Waals surface area (Å²) in [6, 6.07) is 5.91. The quantitative estimate of drug-likeness (QED) is 0.744. The minimum absolute atomic E-state index is 0.697. The van der Waals surface area contributed by atoms with Crippen molar-refractivity contribution in [2.45, 2.75) is 12.7 Å². The van der Waals surface area contributed by atoms with Crippen LogP contribution in [0.5, 0.6) is 0 Å². The Labute approximate surface area is 94.3 Å². The van der Waals surface area contributed by atoms with Crippen LogP contribution in [0.3, 0.4) is 0 Å². The largest absolute Gasteiger partial charge is 0.342 e. The fraction of sp³-hybridized carbons (Fsp3) is 0.444. The van der Waals surface area contributed by atoms with Gasteiger partial charge in [-0.3, -0.25) is 4.98 Å². The summed E-state index contributed by atoms with van der Waals surface area (Å²) in [5.41, 5.74) is -0.585. The van der Waals surface area contributed by atoms with Gasteiger partial charge in [-0.05, 0) is 25.7 Å². The summed E-state index contributed by atoms with van der Waals surface area (Å²) in [4.78, 5) is 4.24. The fourth-order valence-electron chi connectivity index (χ4n) is 0.939. The second-order valence-corrected chi connectivity index (χ2v) is 10.8. The van der Waals surface area contributed by atoms with Crippen molar-refractivity contribution >= 4 is 28.7 Å². The van der Waals surface area contributed by atoms with E-state index in [1.54, 1.807) is 17.6 Å². The molecule has 0 aliphatic carbocycles. The second kappa shape index (κ2) is 5.86. The van der Waals surface area contributed by atoms with Crippen molar-refractivity contribution in [1.82, 2.24) is 4.98 Å². The number of nitrogens with zero attached hydrogens (tertiary/aromatic N) is 1. The molecule has 78 valence electrons. The Morgan fingerprint density at radius 1 is 1.57 bits per heavy atom. The summed E-state index contributed by atoms with van der Waals surface area (Å²) >= 11 is 7.06. The summed E-state index contributed by atoms with van der Waals surface area (Å²) in [7, 11) is 0. The highest BCUT2D eigenvalue weighted by atomic mass is 32.9. The number of aromatic nitrogens is 1. The number of rotatable bonds is 5. The lowest BCUT2D eigenvalue weighted by Gasteiger charge is -2.14. The SMILES string of the molecule is CCOP(C)(=S)SCc1ccccn1. The van der Waals surface area contributed by atoms with Crippen LogP contribution >= 0.6 is 16.8 Å². The highest BCUT2D eigenvalue weighted by Crippen LogP contribution is 2.57. The molecule has 0 fully saturated rings. The first-order valence-electron chi connectivity index (χ1n) is 4.40. The van der Waals surface area contributed by atoms with Crippen LogP contribution in [0, 0.1) is 0 Å². The van der Waals surface area contributed by atoms with Gasteiger partial charge in [0.1, 0.15) is 5.47 Å². The zero-order valence-electron chi connectivity index (χ0n) is 8.34. The molecular weight excluding hydrogens is 233 g/mol. The molecule has 1 atom stereocenters. The first-order valence-corrected chi connectivity index (χ1v) is 9.16. The molecule has 0 aromatic carbocycles. The molecule has 1 aromatic rings. The monoisotopic (exact) mass is 247 g/mol. The minimum atomic E-state index is -1.65. The van der Waals surface area contributed by atoms with Crippen molar-refractivity contribution in [3.8, 4) is 0 Å². The number of pyridine rings is 1. The van der Waals surface area contributed by atoms with Gasteiger partial charge in [0.05, 0.1) is 5.69 Å². The Hall–Kier alpha value is 0.110. The fourth-order valence-corrected chi connectivity index (χ4v) is 4.45. The maximum absolute atomic E-state index is 5.51.